The third-order valence-corrected chi connectivity index (χ3v) is 5.06. The van der Waals surface area contributed by atoms with Crippen LogP contribution in [0.1, 0.15) is 20.3 Å². The van der Waals surface area contributed by atoms with Crippen molar-refractivity contribution in [3.05, 3.63) is 12.7 Å². The maximum atomic E-state index is 6.05. The molecule has 0 aromatic rings. The molecule has 0 unspecified atom stereocenters. The van der Waals surface area contributed by atoms with E-state index in [1.54, 1.807) is 0 Å². The first-order chi connectivity index (χ1) is 6.55. The molecule has 0 aromatic carbocycles. The van der Waals surface area contributed by atoms with E-state index in [4.69, 9.17) is 9.47 Å². The molecule has 0 radical (unpaired) electrons. The zero-order valence-electron chi connectivity index (χ0n) is 8.75. The number of ether oxygens (including phenoxy) is 2. The van der Waals surface area contributed by atoms with Gasteiger partial charge in [0, 0.05) is 16.8 Å². The fourth-order valence-corrected chi connectivity index (χ4v) is 2.80. The summed E-state index contributed by atoms with van der Waals surface area (Å²) in [6.45, 7) is 9.11. The standard InChI is InChI=1S/C11H17IO2/c1-4-9-8(2)11(7-13-11)5-10(3,6-12)14-9/h4,8-9H,1,5-7H2,2-3H3/t8-,9-,10-,11-/m1/s1. The SMILES string of the molecule is C=C[C@H]1O[C@@](C)(CI)C[C@@]2(CO2)[C@@H]1C. The molecule has 14 heavy (non-hydrogen) atoms. The van der Waals surface area contributed by atoms with Crippen molar-refractivity contribution >= 4 is 22.6 Å². The highest BCUT2D eigenvalue weighted by Gasteiger charge is 2.59. The van der Waals surface area contributed by atoms with Crippen LogP contribution in [0.4, 0.5) is 0 Å². The third kappa shape index (κ3) is 1.63. The lowest BCUT2D eigenvalue weighted by atomic mass is 9.78. The normalized spacial score (nSPS) is 51.9. The van der Waals surface area contributed by atoms with Gasteiger partial charge in [-0.25, -0.2) is 0 Å². The molecular formula is C11H17IO2. The van der Waals surface area contributed by atoms with Crippen LogP contribution in [0.15, 0.2) is 12.7 Å². The van der Waals surface area contributed by atoms with Crippen LogP contribution in [-0.2, 0) is 9.47 Å². The largest absolute Gasteiger partial charge is 0.369 e. The average molecular weight is 308 g/mol. The smallest absolute Gasteiger partial charge is 0.0997 e. The molecule has 80 valence electrons. The second kappa shape index (κ2) is 3.46. The minimum Gasteiger partial charge on any atom is -0.369 e. The van der Waals surface area contributed by atoms with Crippen LogP contribution in [0, 0.1) is 5.92 Å². The van der Waals surface area contributed by atoms with Crippen LogP contribution in [0.3, 0.4) is 0 Å². The number of rotatable bonds is 2. The second-order valence-corrected chi connectivity index (χ2v) is 5.48. The molecule has 2 saturated heterocycles. The number of hydrogen-bond acceptors (Lipinski definition) is 2. The molecule has 0 amide bonds. The first-order valence-corrected chi connectivity index (χ1v) is 6.58. The number of alkyl halides is 1. The Morgan fingerprint density at radius 1 is 1.64 bits per heavy atom. The molecule has 3 heteroatoms. The molecule has 0 aliphatic carbocycles. The summed E-state index contributed by atoms with van der Waals surface area (Å²) in [6.07, 6.45) is 3.08. The summed E-state index contributed by atoms with van der Waals surface area (Å²) in [5.74, 6) is 0.441. The van der Waals surface area contributed by atoms with Crippen molar-refractivity contribution in [2.75, 3.05) is 11.0 Å². The number of halogens is 1. The minimum absolute atomic E-state index is 0.0393. The highest BCUT2D eigenvalue weighted by molar-refractivity contribution is 14.1. The van der Waals surface area contributed by atoms with Crippen molar-refractivity contribution in [1.82, 2.24) is 0 Å². The topological polar surface area (TPSA) is 21.8 Å². The molecular weight excluding hydrogens is 291 g/mol. The summed E-state index contributed by atoms with van der Waals surface area (Å²) in [6, 6.07) is 0. The van der Waals surface area contributed by atoms with Gasteiger partial charge in [0.05, 0.1) is 23.9 Å². The molecule has 0 bridgehead atoms. The Morgan fingerprint density at radius 2 is 2.29 bits per heavy atom. The maximum Gasteiger partial charge on any atom is 0.0997 e. The van der Waals surface area contributed by atoms with E-state index in [1.165, 1.54) is 0 Å². The first kappa shape index (κ1) is 10.9. The molecule has 0 aromatic heterocycles. The van der Waals surface area contributed by atoms with Crippen molar-refractivity contribution in [2.24, 2.45) is 5.92 Å². The Kier molecular flexibility index (Phi) is 2.69. The van der Waals surface area contributed by atoms with E-state index in [2.05, 4.69) is 43.0 Å². The van der Waals surface area contributed by atoms with Crippen LogP contribution in [0.25, 0.3) is 0 Å². The lowest BCUT2D eigenvalue weighted by molar-refractivity contribution is -0.135. The van der Waals surface area contributed by atoms with Gasteiger partial charge in [-0.15, -0.1) is 6.58 Å². The van der Waals surface area contributed by atoms with E-state index in [0.29, 0.717) is 5.92 Å². The van der Waals surface area contributed by atoms with Gasteiger partial charge in [-0.05, 0) is 6.92 Å². The van der Waals surface area contributed by atoms with E-state index >= 15 is 0 Å². The van der Waals surface area contributed by atoms with Crippen LogP contribution < -0.4 is 0 Å². The van der Waals surface area contributed by atoms with Gasteiger partial charge in [0.2, 0.25) is 0 Å². The molecule has 1 spiro atoms. The second-order valence-electron chi connectivity index (χ2n) is 4.72. The molecule has 0 N–H and O–H groups in total. The van der Waals surface area contributed by atoms with Crippen LogP contribution in [-0.4, -0.2) is 28.3 Å². The van der Waals surface area contributed by atoms with E-state index in [1.807, 2.05) is 6.08 Å². The van der Waals surface area contributed by atoms with Gasteiger partial charge in [0.1, 0.15) is 0 Å². The monoisotopic (exact) mass is 308 g/mol. The summed E-state index contributed by atoms with van der Waals surface area (Å²) < 4.78 is 12.7. The Bertz CT molecular complexity index is 250. The summed E-state index contributed by atoms with van der Waals surface area (Å²) >= 11 is 2.39. The Labute approximate surface area is 99.2 Å². The summed E-state index contributed by atoms with van der Waals surface area (Å²) in [4.78, 5) is 0. The van der Waals surface area contributed by atoms with Gasteiger partial charge in [0.15, 0.2) is 0 Å². The van der Waals surface area contributed by atoms with Crippen molar-refractivity contribution in [3.63, 3.8) is 0 Å². The molecule has 2 nitrogen and oxygen atoms in total. The highest BCUT2D eigenvalue weighted by atomic mass is 127. The Morgan fingerprint density at radius 3 is 2.71 bits per heavy atom. The van der Waals surface area contributed by atoms with Gasteiger partial charge in [-0.2, -0.15) is 0 Å². The number of epoxide rings is 1. The van der Waals surface area contributed by atoms with Crippen molar-refractivity contribution in [2.45, 2.75) is 37.6 Å². The molecule has 0 saturated carbocycles. The Hall–Kier alpha value is 0.390. The zero-order valence-corrected chi connectivity index (χ0v) is 10.9. The van der Waals surface area contributed by atoms with Crippen molar-refractivity contribution in [1.29, 1.82) is 0 Å². The lowest BCUT2D eigenvalue weighted by Gasteiger charge is -2.43. The predicted molar refractivity (Wildman–Crippen MR) is 64.8 cm³/mol. The Balaban J connectivity index is 2.20. The van der Waals surface area contributed by atoms with Crippen LogP contribution >= 0.6 is 22.6 Å². The predicted octanol–water partition coefficient (Wildman–Crippen LogP) is 2.56. The molecule has 4 atom stereocenters. The van der Waals surface area contributed by atoms with Gasteiger partial charge in [0.25, 0.3) is 0 Å². The van der Waals surface area contributed by atoms with E-state index < -0.39 is 0 Å². The van der Waals surface area contributed by atoms with Crippen LogP contribution in [0.2, 0.25) is 0 Å². The third-order valence-electron chi connectivity index (χ3n) is 3.45. The first-order valence-electron chi connectivity index (χ1n) is 5.06. The lowest BCUT2D eigenvalue weighted by Crippen LogP contribution is -2.51. The molecule has 2 rings (SSSR count). The average Bonchev–Trinajstić information content (AvgIpc) is 2.93. The fraction of sp³-hybridized carbons (Fsp3) is 0.818. The molecule has 2 aliphatic heterocycles. The van der Waals surface area contributed by atoms with Gasteiger partial charge < -0.3 is 9.47 Å². The summed E-state index contributed by atoms with van der Waals surface area (Å²) in [5, 5.41) is 0. The van der Waals surface area contributed by atoms with E-state index in [-0.39, 0.29) is 17.3 Å². The zero-order chi connectivity index (χ0) is 10.4. The molecule has 2 heterocycles. The van der Waals surface area contributed by atoms with Gasteiger partial charge >= 0.3 is 0 Å². The minimum atomic E-state index is -0.0393. The van der Waals surface area contributed by atoms with Crippen molar-refractivity contribution in [3.8, 4) is 0 Å². The molecule has 2 fully saturated rings. The highest BCUT2D eigenvalue weighted by Crippen LogP contribution is 2.50. The van der Waals surface area contributed by atoms with Crippen LogP contribution in [0.5, 0.6) is 0 Å². The fourth-order valence-electron chi connectivity index (χ4n) is 2.35. The van der Waals surface area contributed by atoms with Gasteiger partial charge in [-0.3, -0.25) is 0 Å². The van der Waals surface area contributed by atoms with Crippen molar-refractivity contribution < 1.29 is 9.47 Å². The van der Waals surface area contributed by atoms with E-state index in [9.17, 15) is 0 Å². The van der Waals surface area contributed by atoms with Gasteiger partial charge in [-0.1, -0.05) is 35.6 Å². The summed E-state index contributed by atoms with van der Waals surface area (Å²) in [7, 11) is 0. The quantitative estimate of drug-likeness (QED) is 0.338. The maximum absolute atomic E-state index is 6.05. The number of hydrogen-bond donors (Lipinski definition) is 0. The van der Waals surface area contributed by atoms with E-state index in [0.717, 1.165) is 17.5 Å². The summed E-state index contributed by atoms with van der Waals surface area (Å²) in [5.41, 5.74) is 0.0550. The molecule has 2 aliphatic rings.